The molecule has 0 amide bonds. The second-order valence-electron chi connectivity index (χ2n) is 6.76. The van der Waals surface area contributed by atoms with E-state index < -0.39 is 0 Å². The Morgan fingerprint density at radius 3 is 2.56 bits per heavy atom. The lowest BCUT2D eigenvalue weighted by atomic mass is 10.0. The predicted molar refractivity (Wildman–Crippen MR) is 116 cm³/mol. The summed E-state index contributed by atoms with van der Waals surface area (Å²) in [4.78, 5) is 6.88. The van der Waals surface area contributed by atoms with E-state index in [0.717, 1.165) is 45.4 Å². The van der Waals surface area contributed by atoms with Gasteiger partial charge in [-0.15, -0.1) is 24.0 Å². The molecule has 1 aromatic carbocycles. The van der Waals surface area contributed by atoms with Crippen LogP contribution in [0.15, 0.2) is 29.3 Å². The summed E-state index contributed by atoms with van der Waals surface area (Å²) in [6, 6.07) is 9.04. The van der Waals surface area contributed by atoms with Gasteiger partial charge >= 0.3 is 0 Å². The maximum Gasteiger partial charge on any atom is 0.191 e. The van der Waals surface area contributed by atoms with Gasteiger partial charge in [-0.05, 0) is 18.4 Å². The minimum atomic E-state index is 0. The zero-order valence-corrected chi connectivity index (χ0v) is 18.2. The summed E-state index contributed by atoms with van der Waals surface area (Å²) >= 11 is 0. The summed E-state index contributed by atoms with van der Waals surface area (Å²) in [5, 5.41) is 6.90. The van der Waals surface area contributed by atoms with E-state index in [0.29, 0.717) is 12.0 Å². The first-order valence-electron chi connectivity index (χ1n) is 8.92. The van der Waals surface area contributed by atoms with Crippen LogP contribution in [0, 0.1) is 12.8 Å². The van der Waals surface area contributed by atoms with Gasteiger partial charge in [0, 0.05) is 39.3 Å². The Balaban J connectivity index is 0.00000312. The van der Waals surface area contributed by atoms with Crippen molar-refractivity contribution in [1.29, 1.82) is 0 Å². The van der Waals surface area contributed by atoms with Crippen LogP contribution >= 0.6 is 24.0 Å². The van der Waals surface area contributed by atoms with E-state index in [1.807, 2.05) is 7.05 Å². The maximum atomic E-state index is 5.48. The Morgan fingerprint density at radius 1 is 1.24 bits per heavy atom. The molecule has 0 bridgehead atoms. The first-order chi connectivity index (χ1) is 11.6. The molecule has 1 aromatic rings. The van der Waals surface area contributed by atoms with Crippen molar-refractivity contribution in [1.82, 2.24) is 15.5 Å². The smallest absolute Gasteiger partial charge is 0.191 e. The van der Waals surface area contributed by atoms with Crippen molar-refractivity contribution in [2.45, 2.75) is 33.4 Å². The molecule has 1 aliphatic heterocycles. The van der Waals surface area contributed by atoms with Gasteiger partial charge in [-0.2, -0.15) is 0 Å². The van der Waals surface area contributed by atoms with Crippen molar-refractivity contribution in [2.75, 3.05) is 39.9 Å². The van der Waals surface area contributed by atoms with E-state index in [2.05, 4.69) is 65.6 Å². The first-order valence-corrected chi connectivity index (χ1v) is 8.92. The molecule has 1 saturated heterocycles. The molecule has 1 atom stereocenters. The molecule has 1 fully saturated rings. The SMILES string of the molecule is CN=C(NCc1cccc(C)c1)NCC(C(C)C)N1CCOCC1.I. The quantitative estimate of drug-likeness (QED) is 0.390. The Hall–Kier alpha value is -0.860. The number of guanidine groups is 1. The predicted octanol–water partition coefficient (Wildman–Crippen LogP) is 2.63. The van der Waals surface area contributed by atoms with Gasteiger partial charge < -0.3 is 15.4 Å². The number of hydrogen-bond donors (Lipinski definition) is 2. The summed E-state index contributed by atoms with van der Waals surface area (Å²) in [6.45, 7) is 12.1. The van der Waals surface area contributed by atoms with Gasteiger partial charge in [0.1, 0.15) is 0 Å². The summed E-state index contributed by atoms with van der Waals surface area (Å²) in [5.74, 6) is 1.45. The zero-order chi connectivity index (χ0) is 17.4. The fraction of sp³-hybridized carbons (Fsp3) is 0.632. The van der Waals surface area contributed by atoms with Crippen LogP contribution in [-0.4, -0.2) is 56.8 Å². The van der Waals surface area contributed by atoms with Crippen molar-refractivity contribution in [3.05, 3.63) is 35.4 Å². The van der Waals surface area contributed by atoms with Gasteiger partial charge in [-0.1, -0.05) is 43.7 Å². The number of hydrogen-bond acceptors (Lipinski definition) is 3. The Morgan fingerprint density at radius 2 is 1.96 bits per heavy atom. The van der Waals surface area contributed by atoms with Crippen molar-refractivity contribution in [2.24, 2.45) is 10.9 Å². The van der Waals surface area contributed by atoms with Crippen molar-refractivity contribution >= 4 is 29.9 Å². The molecule has 25 heavy (non-hydrogen) atoms. The Labute approximate surface area is 169 Å². The number of ether oxygens (including phenoxy) is 1. The van der Waals surface area contributed by atoms with Gasteiger partial charge in [0.25, 0.3) is 0 Å². The number of nitrogens with zero attached hydrogens (tertiary/aromatic N) is 2. The molecule has 0 saturated carbocycles. The average Bonchev–Trinajstić information content (AvgIpc) is 2.58. The van der Waals surface area contributed by atoms with Crippen LogP contribution in [0.4, 0.5) is 0 Å². The van der Waals surface area contributed by atoms with Crippen LogP contribution in [0.2, 0.25) is 0 Å². The lowest BCUT2D eigenvalue weighted by Gasteiger charge is -2.37. The van der Waals surface area contributed by atoms with Crippen LogP contribution in [0.5, 0.6) is 0 Å². The summed E-state index contributed by atoms with van der Waals surface area (Å²) in [5.41, 5.74) is 2.55. The van der Waals surface area contributed by atoms with Gasteiger partial charge in [0.05, 0.1) is 13.2 Å². The third kappa shape index (κ3) is 7.50. The number of rotatable bonds is 6. The standard InChI is InChI=1S/C19H32N4O.HI/c1-15(2)18(23-8-10-24-11-9-23)14-22-19(20-4)21-13-17-7-5-6-16(3)12-17;/h5-7,12,15,18H,8-11,13-14H2,1-4H3,(H2,20,21,22);1H. The van der Waals surface area contributed by atoms with Gasteiger partial charge in [-0.25, -0.2) is 0 Å². The molecule has 142 valence electrons. The number of benzene rings is 1. The molecule has 2 rings (SSSR count). The van der Waals surface area contributed by atoms with E-state index in [1.54, 1.807) is 0 Å². The number of aliphatic imine (C=N–C) groups is 1. The van der Waals surface area contributed by atoms with Crippen molar-refractivity contribution < 1.29 is 4.74 Å². The molecule has 0 radical (unpaired) electrons. The highest BCUT2D eigenvalue weighted by Crippen LogP contribution is 2.12. The van der Waals surface area contributed by atoms with E-state index in [-0.39, 0.29) is 24.0 Å². The first kappa shape index (κ1) is 22.2. The third-order valence-electron chi connectivity index (χ3n) is 4.53. The van der Waals surface area contributed by atoms with Crippen LogP contribution in [-0.2, 0) is 11.3 Å². The molecule has 0 spiro atoms. The lowest BCUT2D eigenvalue weighted by Crippen LogP contribution is -2.52. The van der Waals surface area contributed by atoms with Crippen molar-refractivity contribution in [3.8, 4) is 0 Å². The van der Waals surface area contributed by atoms with E-state index in [4.69, 9.17) is 4.74 Å². The molecular weight excluding hydrogens is 427 g/mol. The number of aryl methyl sites for hydroxylation is 1. The van der Waals surface area contributed by atoms with Crippen LogP contribution in [0.1, 0.15) is 25.0 Å². The highest BCUT2D eigenvalue weighted by molar-refractivity contribution is 14.0. The van der Waals surface area contributed by atoms with Crippen LogP contribution in [0.25, 0.3) is 0 Å². The van der Waals surface area contributed by atoms with Gasteiger partial charge in [0.2, 0.25) is 0 Å². The minimum absolute atomic E-state index is 0. The highest BCUT2D eigenvalue weighted by atomic mass is 127. The van der Waals surface area contributed by atoms with E-state index >= 15 is 0 Å². The maximum absolute atomic E-state index is 5.48. The summed E-state index contributed by atoms with van der Waals surface area (Å²) in [7, 11) is 1.82. The average molecular weight is 460 g/mol. The fourth-order valence-electron chi connectivity index (χ4n) is 3.13. The summed E-state index contributed by atoms with van der Waals surface area (Å²) < 4.78 is 5.48. The van der Waals surface area contributed by atoms with E-state index in [9.17, 15) is 0 Å². The fourth-order valence-corrected chi connectivity index (χ4v) is 3.13. The molecule has 2 N–H and O–H groups in total. The molecule has 5 nitrogen and oxygen atoms in total. The molecule has 1 heterocycles. The molecule has 1 aliphatic rings. The van der Waals surface area contributed by atoms with Crippen molar-refractivity contribution in [3.63, 3.8) is 0 Å². The second kappa shape index (κ2) is 11.7. The molecule has 1 unspecified atom stereocenters. The largest absolute Gasteiger partial charge is 0.379 e. The normalized spacial score (nSPS) is 17.1. The second-order valence-corrected chi connectivity index (χ2v) is 6.76. The van der Waals surface area contributed by atoms with Gasteiger partial charge in [-0.3, -0.25) is 9.89 Å². The number of halogens is 1. The van der Waals surface area contributed by atoms with Crippen LogP contribution < -0.4 is 10.6 Å². The Kier molecular flexibility index (Phi) is 10.4. The lowest BCUT2D eigenvalue weighted by molar-refractivity contribution is 0.00752. The third-order valence-corrected chi connectivity index (χ3v) is 4.53. The van der Waals surface area contributed by atoms with E-state index in [1.165, 1.54) is 11.1 Å². The van der Waals surface area contributed by atoms with Crippen LogP contribution in [0.3, 0.4) is 0 Å². The topological polar surface area (TPSA) is 48.9 Å². The zero-order valence-electron chi connectivity index (χ0n) is 15.9. The number of nitrogens with one attached hydrogen (secondary N) is 2. The minimum Gasteiger partial charge on any atom is -0.379 e. The Bertz CT molecular complexity index is 530. The molecule has 6 heteroatoms. The number of morpholine rings is 1. The summed E-state index contributed by atoms with van der Waals surface area (Å²) in [6.07, 6.45) is 0. The highest BCUT2D eigenvalue weighted by Gasteiger charge is 2.23. The molecule has 0 aliphatic carbocycles. The molecular formula is C19H33IN4O. The monoisotopic (exact) mass is 460 g/mol. The van der Waals surface area contributed by atoms with Gasteiger partial charge in [0.15, 0.2) is 5.96 Å². The molecule has 0 aromatic heterocycles.